The molecule has 0 saturated heterocycles. The summed E-state index contributed by atoms with van der Waals surface area (Å²) in [6, 6.07) is 11.3. The van der Waals surface area contributed by atoms with Gasteiger partial charge < -0.3 is 13.7 Å². The summed E-state index contributed by atoms with van der Waals surface area (Å²) in [6.07, 6.45) is 3.06. The standard InChI is InChI=1S/C21H23ClN2O5S/c1-3-24(4-2)30(26,27)20-13-16(9-10-19(20)22)21(25)23(14-17-7-5-11-28-17)15-18-8-6-12-29-18/h5-13H,3-4,14-15H2,1-2H3. The molecular weight excluding hydrogens is 428 g/mol. The molecule has 1 aromatic carbocycles. The molecule has 0 radical (unpaired) electrons. The summed E-state index contributed by atoms with van der Waals surface area (Å²) in [4.78, 5) is 14.7. The van der Waals surface area contributed by atoms with E-state index in [2.05, 4.69) is 0 Å². The number of carbonyl (C=O) groups is 1. The van der Waals surface area contributed by atoms with E-state index in [1.165, 1.54) is 39.9 Å². The molecule has 0 fully saturated rings. The average molecular weight is 451 g/mol. The van der Waals surface area contributed by atoms with Crippen LogP contribution < -0.4 is 0 Å². The van der Waals surface area contributed by atoms with E-state index in [9.17, 15) is 13.2 Å². The summed E-state index contributed by atoms with van der Waals surface area (Å²) >= 11 is 6.19. The highest BCUT2D eigenvalue weighted by Gasteiger charge is 2.27. The molecule has 7 nitrogen and oxygen atoms in total. The van der Waals surface area contributed by atoms with Gasteiger partial charge in [0.1, 0.15) is 16.4 Å². The lowest BCUT2D eigenvalue weighted by atomic mass is 10.2. The molecule has 2 aromatic heterocycles. The van der Waals surface area contributed by atoms with Crippen LogP contribution >= 0.6 is 11.6 Å². The van der Waals surface area contributed by atoms with Crippen molar-refractivity contribution in [3.63, 3.8) is 0 Å². The lowest BCUT2D eigenvalue weighted by Gasteiger charge is -2.22. The Morgan fingerprint density at radius 1 is 0.967 bits per heavy atom. The summed E-state index contributed by atoms with van der Waals surface area (Å²) in [5.74, 6) is 0.829. The van der Waals surface area contributed by atoms with Crippen LogP contribution in [-0.2, 0) is 23.1 Å². The van der Waals surface area contributed by atoms with Crippen molar-refractivity contribution in [3.8, 4) is 0 Å². The van der Waals surface area contributed by atoms with Gasteiger partial charge in [-0.15, -0.1) is 0 Å². The van der Waals surface area contributed by atoms with E-state index >= 15 is 0 Å². The molecule has 9 heteroatoms. The van der Waals surface area contributed by atoms with Crippen LogP contribution in [-0.4, -0.2) is 36.6 Å². The lowest BCUT2D eigenvalue weighted by Crippen LogP contribution is -2.32. The zero-order valence-electron chi connectivity index (χ0n) is 16.7. The third-order valence-corrected chi connectivity index (χ3v) is 7.17. The first-order valence-electron chi connectivity index (χ1n) is 9.50. The van der Waals surface area contributed by atoms with Gasteiger partial charge in [0.25, 0.3) is 5.91 Å². The molecule has 0 bridgehead atoms. The highest BCUT2D eigenvalue weighted by Crippen LogP contribution is 2.27. The van der Waals surface area contributed by atoms with E-state index < -0.39 is 10.0 Å². The largest absolute Gasteiger partial charge is 0.467 e. The van der Waals surface area contributed by atoms with Crippen molar-refractivity contribution in [3.05, 3.63) is 77.1 Å². The maximum absolute atomic E-state index is 13.3. The third-order valence-electron chi connectivity index (χ3n) is 4.64. The Bertz CT molecular complexity index is 1040. The molecule has 2 heterocycles. The number of benzene rings is 1. The van der Waals surface area contributed by atoms with E-state index in [0.29, 0.717) is 24.6 Å². The summed E-state index contributed by atoms with van der Waals surface area (Å²) in [7, 11) is -3.82. The van der Waals surface area contributed by atoms with Crippen LogP contribution in [0.1, 0.15) is 35.7 Å². The first-order chi connectivity index (χ1) is 14.4. The Kier molecular flexibility index (Phi) is 7.02. The predicted octanol–water partition coefficient (Wildman–Crippen LogP) is 4.40. The van der Waals surface area contributed by atoms with Crippen molar-refractivity contribution in [2.45, 2.75) is 31.8 Å². The minimum Gasteiger partial charge on any atom is -0.467 e. The van der Waals surface area contributed by atoms with Crippen molar-refractivity contribution in [1.82, 2.24) is 9.21 Å². The SMILES string of the molecule is CCN(CC)S(=O)(=O)c1cc(C(=O)N(Cc2ccco2)Cc2ccco2)ccc1Cl. The highest BCUT2D eigenvalue weighted by atomic mass is 35.5. The molecule has 3 aromatic rings. The number of hydrogen-bond acceptors (Lipinski definition) is 5. The maximum atomic E-state index is 13.3. The van der Waals surface area contributed by atoms with Crippen molar-refractivity contribution >= 4 is 27.5 Å². The average Bonchev–Trinajstić information content (AvgIpc) is 3.42. The zero-order chi connectivity index (χ0) is 21.7. The molecule has 0 saturated carbocycles. The molecule has 0 aliphatic carbocycles. The Labute approximate surface area is 180 Å². The van der Waals surface area contributed by atoms with Gasteiger partial charge in [0.15, 0.2) is 0 Å². The van der Waals surface area contributed by atoms with E-state index in [1.54, 1.807) is 38.1 Å². The highest BCUT2D eigenvalue weighted by molar-refractivity contribution is 7.89. The van der Waals surface area contributed by atoms with Gasteiger partial charge >= 0.3 is 0 Å². The number of hydrogen-bond donors (Lipinski definition) is 0. The molecular formula is C21H23ClN2O5S. The topological polar surface area (TPSA) is 84.0 Å². The minimum absolute atomic E-state index is 0.0714. The van der Waals surface area contributed by atoms with Crippen LogP contribution in [0.25, 0.3) is 0 Å². The summed E-state index contributed by atoms with van der Waals surface area (Å²) in [5, 5.41) is 0.0714. The van der Waals surface area contributed by atoms with Gasteiger partial charge in [0.2, 0.25) is 10.0 Å². The molecule has 160 valence electrons. The molecule has 3 rings (SSSR count). The number of sulfonamides is 1. The lowest BCUT2D eigenvalue weighted by molar-refractivity contribution is 0.0704. The van der Waals surface area contributed by atoms with Gasteiger partial charge in [-0.3, -0.25) is 4.79 Å². The predicted molar refractivity (Wildman–Crippen MR) is 113 cm³/mol. The van der Waals surface area contributed by atoms with Gasteiger partial charge in [0.05, 0.1) is 30.6 Å². The fourth-order valence-electron chi connectivity index (χ4n) is 3.10. The maximum Gasteiger partial charge on any atom is 0.254 e. The minimum atomic E-state index is -3.82. The molecule has 0 N–H and O–H groups in total. The number of amides is 1. The van der Waals surface area contributed by atoms with Gasteiger partial charge in [-0.1, -0.05) is 25.4 Å². The molecule has 30 heavy (non-hydrogen) atoms. The zero-order valence-corrected chi connectivity index (χ0v) is 18.3. The quantitative estimate of drug-likeness (QED) is 0.482. The third kappa shape index (κ3) is 4.77. The molecule has 0 unspecified atom stereocenters. The van der Waals surface area contributed by atoms with Crippen LogP contribution in [0.15, 0.2) is 68.7 Å². The van der Waals surface area contributed by atoms with Crippen molar-refractivity contribution in [2.75, 3.05) is 13.1 Å². The fraction of sp³-hybridized carbons (Fsp3) is 0.286. The fourth-order valence-corrected chi connectivity index (χ4v) is 5.06. The second kappa shape index (κ2) is 9.51. The van der Waals surface area contributed by atoms with E-state index in [-0.39, 0.29) is 34.5 Å². The summed E-state index contributed by atoms with van der Waals surface area (Å²) in [6.45, 7) is 4.50. The second-order valence-electron chi connectivity index (χ2n) is 6.55. The van der Waals surface area contributed by atoms with Gasteiger partial charge in [0, 0.05) is 18.7 Å². The Balaban J connectivity index is 1.96. The second-order valence-corrected chi connectivity index (χ2v) is 8.87. The van der Waals surface area contributed by atoms with Crippen molar-refractivity contribution in [1.29, 1.82) is 0 Å². The number of nitrogens with zero attached hydrogens (tertiary/aromatic N) is 2. The molecule has 0 atom stereocenters. The van der Waals surface area contributed by atoms with Crippen LogP contribution in [0.3, 0.4) is 0 Å². The molecule has 0 aliphatic heterocycles. The van der Waals surface area contributed by atoms with Gasteiger partial charge in [-0.05, 0) is 42.5 Å². The van der Waals surface area contributed by atoms with Crippen LogP contribution in [0.5, 0.6) is 0 Å². The Morgan fingerprint density at radius 2 is 1.53 bits per heavy atom. The normalized spacial score (nSPS) is 11.7. The first kappa shape index (κ1) is 22.1. The number of halogens is 1. The van der Waals surface area contributed by atoms with E-state index in [0.717, 1.165) is 0 Å². The Hall–Kier alpha value is -2.55. The van der Waals surface area contributed by atoms with Crippen molar-refractivity contribution < 1.29 is 22.0 Å². The smallest absolute Gasteiger partial charge is 0.254 e. The monoisotopic (exact) mass is 450 g/mol. The Morgan fingerprint density at radius 3 is 2.00 bits per heavy atom. The van der Waals surface area contributed by atoms with Crippen LogP contribution in [0.2, 0.25) is 5.02 Å². The van der Waals surface area contributed by atoms with E-state index in [1.807, 2.05) is 0 Å². The first-order valence-corrected chi connectivity index (χ1v) is 11.3. The number of rotatable bonds is 9. The van der Waals surface area contributed by atoms with Gasteiger partial charge in [-0.25, -0.2) is 8.42 Å². The van der Waals surface area contributed by atoms with Crippen molar-refractivity contribution in [2.24, 2.45) is 0 Å². The summed E-state index contributed by atoms with van der Waals surface area (Å²) < 4.78 is 38.0. The van der Waals surface area contributed by atoms with E-state index in [4.69, 9.17) is 20.4 Å². The molecule has 0 aliphatic rings. The number of carbonyl (C=O) groups excluding carboxylic acids is 1. The number of furan rings is 2. The van der Waals surface area contributed by atoms with Crippen LogP contribution in [0.4, 0.5) is 0 Å². The molecule has 0 spiro atoms. The summed E-state index contributed by atoms with van der Waals surface area (Å²) in [5.41, 5.74) is 0.211. The molecule has 1 amide bonds. The van der Waals surface area contributed by atoms with Gasteiger partial charge in [-0.2, -0.15) is 4.31 Å². The van der Waals surface area contributed by atoms with Crippen LogP contribution in [0, 0.1) is 0 Å².